The smallest absolute Gasteiger partial charge is 0.241 e. The molecule has 0 fully saturated rings. The van der Waals surface area contributed by atoms with Crippen LogP contribution in [-0.2, 0) is 21.4 Å². The number of rotatable bonds is 6. The quantitative estimate of drug-likeness (QED) is 0.693. The first-order valence-corrected chi connectivity index (χ1v) is 10.9. The molecule has 3 aromatic carbocycles. The van der Waals surface area contributed by atoms with Gasteiger partial charge in [-0.1, -0.05) is 54.6 Å². The number of hydrogen-bond acceptors (Lipinski definition) is 3. The fourth-order valence-corrected chi connectivity index (χ4v) is 4.10. The van der Waals surface area contributed by atoms with Gasteiger partial charge in [0, 0.05) is 6.54 Å². The summed E-state index contributed by atoms with van der Waals surface area (Å²) in [4.78, 5) is 12.6. The van der Waals surface area contributed by atoms with Crippen LogP contribution in [0.3, 0.4) is 0 Å². The minimum Gasteiger partial charge on any atom is -0.350 e. The van der Waals surface area contributed by atoms with Gasteiger partial charge in [-0.25, -0.2) is 8.42 Å². The van der Waals surface area contributed by atoms with E-state index in [1.807, 2.05) is 68.4 Å². The molecule has 0 unspecified atom stereocenters. The molecule has 0 saturated carbocycles. The highest BCUT2D eigenvalue weighted by atomic mass is 32.2. The summed E-state index contributed by atoms with van der Waals surface area (Å²) in [5, 5.41) is 5.02. The molecule has 3 rings (SSSR count). The van der Waals surface area contributed by atoms with Crippen molar-refractivity contribution in [3.05, 3.63) is 77.4 Å². The highest BCUT2D eigenvalue weighted by Crippen LogP contribution is 2.24. The number of sulfonamides is 1. The van der Waals surface area contributed by atoms with E-state index in [0.29, 0.717) is 12.2 Å². The van der Waals surface area contributed by atoms with Crippen LogP contribution in [0.2, 0.25) is 0 Å². The van der Waals surface area contributed by atoms with Gasteiger partial charge in [0.05, 0.1) is 11.9 Å². The first-order valence-electron chi connectivity index (χ1n) is 9.04. The van der Waals surface area contributed by atoms with E-state index in [-0.39, 0.29) is 12.5 Å². The van der Waals surface area contributed by atoms with Gasteiger partial charge in [-0.05, 0) is 47.4 Å². The molecule has 0 spiro atoms. The maximum Gasteiger partial charge on any atom is 0.241 e. The predicted molar refractivity (Wildman–Crippen MR) is 114 cm³/mol. The minimum atomic E-state index is -3.60. The van der Waals surface area contributed by atoms with Gasteiger partial charge in [0.15, 0.2) is 0 Å². The molecule has 0 aliphatic carbocycles. The lowest BCUT2D eigenvalue weighted by molar-refractivity contribution is -0.119. The lowest BCUT2D eigenvalue weighted by Crippen LogP contribution is -2.40. The molecular weight excluding hydrogens is 372 g/mol. The van der Waals surface area contributed by atoms with Crippen molar-refractivity contribution in [2.24, 2.45) is 0 Å². The fourth-order valence-electron chi connectivity index (χ4n) is 3.20. The Morgan fingerprint density at radius 3 is 2.46 bits per heavy atom. The van der Waals surface area contributed by atoms with Gasteiger partial charge in [-0.2, -0.15) is 0 Å². The zero-order chi connectivity index (χ0) is 20.3. The number of carbonyl (C=O) groups is 1. The number of hydrogen-bond donors (Lipinski definition) is 1. The zero-order valence-corrected chi connectivity index (χ0v) is 17.1. The third-order valence-corrected chi connectivity index (χ3v) is 5.80. The number of aryl methyl sites for hydroxylation is 2. The second-order valence-corrected chi connectivity index (χ2v) is 8.88. The van der Waals surface area contributed by atoms with Gasteiger partial charge in [-0.15, -0.1) is 0 Å². The maximum atomic E-state index is 12.6. The lowest BCUT2D eigenvalue weighted by Gasteiger charge is -2.24. The van der Waals surface area contributed by atoms with Crippen LogP contribution in [0.4, 0.5) is 5.69 Å². The van der Waals surface area contributed by atoms with E-state index in [1.54, 1.807) is 6.07 Å². The molecule has 1 amide bonds. The van der Waals surface area contributed by atoms with Crippen molar-refractivity contribution in [3.63, 3.8) is 0 Å². The molecule has 0 heterocycles. The largest absolute Gasteiger partial charge is 0.350 e. The van der Waals surface area contributed by atoms with Crippen LogP contribution in [-0.4, -0.2) is 27.1 Å². The third kappa shape index (κ3) is 4.51. The minimum absolute atomic E-state index is 0.256. The molecule has 0 bridgehead atoms. The van der Waals surface area contributed by atoms with E-state index in [4.69, 9.17) is 0 Å². The average Bonchev–Trinajstić information content (AvgIpc) is 2.65. The van der Waals surface area contributed by atoms with Crippen molar-refractivity contribution in [3.8, 4) is 0 Å². The second-order valence-electron chi connectivity index (χ2n) is 6.97. The summed E-state index contributed by atoms with van der Waals surface area (Å²) in [5.74, 6) is -0.348. The highest BCUT2D eigenvalue weighted by molar-refractivity contribution is 7.92. The number of anilines is 1. The van der Waals surface area contributed by atoms with Gasteiger partial charge in [0.2, 0.25) is 15.9 Å². The molecule has 3 aromatic rings. The molecule has 0 aromatic heterocycles. The van der Waals surface area contributed by atoms with Crippen molar-refractivity contribution in [1.29, 1.82) is 0 Å². The monoisotopic (exact) mass is 396 g/mol. The number of nitrogens with one attached hydrogen (secondary N) is 1. The molecule has 0 saturated heterocycles. The Labute approximate surface area is 166 Å². The number of amides is 1. The summed E-state index contributed by atoms with van der Waals surface area (Å²) < 4.78 is 25.8. The normalized spacial score (nSPS) is 11.4. The van der Waals surface area contributed by atoms with E-state index >= 15 is 0 Å². The van der Waals surface area contributed by atoms with Gasteiger partial charge in [0.25, 0.3) is 0 Å². The van der Waals surface area contributed by atoms with Crippen LogP contribution >= 0.6 is 0 Å². The van der Waals surface area contributed by atoms with E-state index in [1.165, 1.54) is 0 Å². The molecule has 0 aliphatic rings. The molecule has 0 radical (unpaired) electrons. The van der Waals surface area contributed by atoms with Crippen LogP contribution in [0.15, 0.2) is 60.7 Å². The Kier molecular flexibility index (Phi) is 5.70. The summed E-state index contributed by atoms with van der Waals surface area (Å²) in [6.07, 6.45) is 1.12. The van der Waals surface area contributed by atoms with Crippen molar-refractivity contribution in [2.45, 2.75) is 20.4 Å². The molecule has 28 heavy (non-hydrogen) atoms. The molecule has 0 atom stereocenters. The fraction of sp³-hybridized carbons (Fsp3) is 0.227. The topological polar surface area (TPSA) is 66.5 Å². The van der Waals surface area contributed by atoms with E-state index in [2.05, 4.69) is 5.32 Å². The van der Waals surface area contributed by atoms with Crippen molar-refractivity contribution >= 4 is 32.4 Å². The van der Waals surface area contributed by atoms with Crippen LogP contribution < -0.4 is 9.62 Å². The Morgan fingerprint density at radius 2 is 1.71 bits per heavy atom. The molecule has 1 N–H and O–H groups in total. The number of benzene rings is 3. The maximum absolute atomic E-state index is 12.6. The van der Waals surface area contributed by atoms with Gasteiger partial charge < -0.3 is 5.32 Å². The Balaban J connectivity index is 1.78. The van der Waals surface area contributed by atoms with E-state index in [0.717, 1.165) is 38.0 Å². The van der Waals surface area contributed by atoms with Crippen molar-refractivity contribution in [2.75, 3.05) is 17.1 Å². The van der Waals surface area contributed by atoms with Crippen LogP contribution in [0.5, 0.6) is 0 Å². The van der Waals surface area contributed by atoms with Crippen LogP contribution in [0.1, 0.15) is 16.7 Å². The molecule has 0 aliphatic heterocycles. The van der Waals surface area contributed by atoms with Crippen molar-refractivity contribution < 1.29 is 13.2 Å². The Hall–Kier alpha value is -2.86. The second kappa shape index (κ2) is 8.02. The Bertz CT molecular complexity index is 1120. The first-order chi connectivity index (χ1) is 13.3. The molecule has 146 valence electrons. The molecular formula is C22H24N2O3S. The number of carbonyl (C=O) groups excluding carboxylic acids is 1. The zero-order valence-electron chi connectivity index (χ0n) is 16.3. The number of nitrogens with zero attached hydrogens (tertiary/aromatic N) is 1. The standard InChI is InChI=1S/C22H24N2O3S/c1-16-11-12-17(2)21(13-16)24(28(3,26)27)15-22(25)23-14-19-9-6-8-18-7-4-5-10-20(18)19/h4-13H,14-15H2,1-3H3,(H,23,25). The summed E-state index contributed by atoms with van der Waals surface area (Å²) in [6.45, 7) is 3.81. The summed E-state index contributed by atoms with van der Waals surface area (Å²) in [6, 6.07) is 19.4. The summed E-state index contributed by atoms with van der Waals surface area (Å²) in [7, 11) is -3.60. The Morgan fingerprint density at radius 1 is 1.00 bits per heavy atom. The molecule has 6 heteroatoms. The van der Waals surface area contributed by atoms with E-state index < -0.39 is 10.0 Å². The first kappa shape index (κ1) is 19.9. The third-order valence-electron chi connectivity index (χ3n) is 4.68. The average molecular weight is 397 g/mol. The van der Waals surface area contributed by atoms with Crippen molar-refractivity contribution in [1.82, 2.24) is 5.32 Å². The van der Waals surface area contributed by atoms with Gasteiger partial charge in [0.1, 0.15) is 6.54 Å². The van der Waals surface area contributed by atoms with Gasteiger partial charge >= 0.3 is 0 Å². The van der Waals surface area contributed by atoms with Crippen LogP contribution in [0.25, 0.3) is 10.8 Å². The highest BCUT2D eigenvalue weighted by Gasteiger charge is 2.22. The molecule has 5 nitrogen and oxygen atoms in total. The van der Waals surface area contributed by atoms with Crippen LogP contribution in [0, 0.1) is 13.8 Å². The predicted octanol–water partition coefficient (Wildman–Crippen LogP) is 3.54. The SMILES string of the molecule is Cc1ccc(C)c(N(CC(=O)NCc2cccc3ccccc23)S(C)(=O)=O)c1. The number of fused-ring (bicyclic) bond motifs is 1. The van der Waals surface area contributed by atoms with E-state index in [9.17, 15) is 13.2 Å². The van der Waals surface area contributed by atoms with Gasteiger partial charge in [-0.3, -0.25) is 9.10 Å². The lowest BCUT2D eigenvalue weighted by atomic mass is 10.0. The summed E-state index contributed by atoms with van der Waals surface area (Å²) >= 11 is 0. The summed E-state index contributed by atoms with van der Waals surface area (Å²) in [5.41, 5.74) is 3.26.